The maximum atomic E-state index is 12.5. The quantitative estimate of drug-likeness (QED) is 0.664. The van der Waals surface area contributed by atoms with Gasteiger partial charge in [0.05, 0.1) is 0 Å². The summed E-state index contributed by atoms with van der Waals surface area (Å²) in [6.07, 6.45) is 2.52. The zero-order chi connectivity index (χ0) is 21.1. The van der Waals surface area contributed by atoms with Crippen LogP contribution < -0.4 is 10.2 Å². The molecule has 4 rings (SSSR count). The Labute approximate surface area is 174 Å². The van der Waals surface area contributed by atoms with E-state index >= 15 is 0 Å². The Morgan fingerprint density at radius 1 is 1.00 bits per heavy atom. The van der Waals surface area contributed by atoms with Crippen molar-refractivity contribution in [1.29, 1.82) is 0 Å². The van der Waals surface area contributed by atoms with Gasteiger partial charge in [0.1, 0.15) is 6.54 Å². The summed E-state index contributed by atoms with van der Waals surface area (Å²) in [5.41, 5.74) is 3.23. The first kappa shape index (κ1) is 19.7. The molecular weight excluding hydrogens is 380 g/mol. The first-order chi connectivity index (χ1) is 14.5. The van der Waals surface area contributed by atoms with Crippen LogP contribution in [0.25, 0.3) is 10.9 Å². The molecule has 2 heterocycles. The molecule has 0 saturated carbocycles. The first-order valence-corrected chi connectivity index (χ1v) is 9.98. The number of hydrogen-bond acceptors (Lipinski definition) is 4. The monoisotopic (exact) mass is 404 g/mol. The molecule has 7 heteroatoms. The molecule has 1 aliphatic rings. The highest BCUT2D eigenvalue weighted by molar-refractivity contribution is 5.99. The number of anilines is 2. The van der Waals surface area contributed by atoms with Gasteiger partial charge in [-0.3, -0.25) is 14.4 Å². The average Bonchev–Trinajstić information content (AvgIpc) is 3.12. The van der Waals surface area contributed by atoms with Crippen molar-refractivity contribution in [3.63, 3.8) is 0 Å². The van der Waals surface area contributed by atoms with Crippen LogP contribution in [-0.2, 0) is 16.1 Å². The summed E-state index contributed by atoms with van der Waals surface area (Å²) in [7, 11) is 0. The van der Waals surface area contributed by atoms with Crippen molar-refractivity contribution < 1.29 is 14.4 Å². The number of fused-ring (bicyclic) bond motifs is 1. The van der Waals surface area contributed by atoms with E-state index in [1.54, 1.807) is 17.7 Å². The van der Waals surface area contributed by atoms with Gasteiger partial charge in [-0.25, -0.2) is 0 Å². The van der Waals surface area contributed by atoms with E-state index in [0.29, 0.717) is 5.56 Å². The fourth-order valence-electron chi connectivity index (χ4n) is 3.89. The van der Waals surface area contributed by atoms with Crippen molar-refractivity contribution in [3.05, 3.63) is 60.3 Å². The minimum atomic E-state index is -0.156. The number of carbonyl (C=O) groups excluding carboxylic acids is 3. The van der Waals surface area contributed by atoms with E-state index in [0.717, 1.165) is 54.7 Å². The number of nitrogens with zero attached hydrogens (tertiary/aromatic N) is 3. The molecule has 1 N–H and O–H groups in total. The smallest absolute Gasteiger partial charge is 0.244 e. The van der Waals surface area contributed by atoms with Gasteiger partial charge in [-0.2, -0.15) is 0 Å². The molecule has 2 amide bonds. The van der Waals surface area contributed by atoms with Crippen LogP contribution in [0.3, 0.4) is 0 Å². The summed E-state index contributed by atoms with van der Waals surface area (Å²) < 4.78 is 1.79. The van der Waals surface area contributed by atoms with Crippen molar-refractivity contribution in [2.24, 2.45) is 0 Å². The van der Waals surface area contributed by atoms with Gasteiger partial charge in [-0.05, 0) is 30.3 Å². The fraction of sp³-hybridized carbons (Fsp3) is 0.261. The number of benzene rings is 2. The molecule has 1 fully saturated rings. The van der Waals surface area contributed by atoms with Gasteiger partial charge >= 0.3 is 0 Å². The fourth-order valence-corrected chi connectivity index (χ4v) is 3.89. The highest BCUT2D eigenvalue weighted by atomic mass is 16.2. The van der Waals surface area contributed by atoms with Gasteiger partial charge in [-0.15, -0.1) is 0 Å². The van der Waals surface area contributed by atoms with Crippen LogP contribution in [0, 0.1) is 0 Å². The summed E-state index contributed by atoms with van der Waals surface area (Å²) in [4.78, 5) is 39.4. The molecule has 1 aliphatic heterocycles. The van der Waals surface area contributed by atoms with Crippen molar-refractivity contribution >= 4 is 40.4 Å². The SMILES string of the molecule is CC(=O)N1CCN(c2ccc(NC(=O)Cn3cc(C=O)c4ccccc43)cc2)CC1. The maximum absolute atomic E-state index is 12.5. The zero-order valence-electron chi connectivity index (χ0n) is 16.9. The Bertz CT molecular complexity index is 1080. The van der Waals surface area contributed by atoms with Crippen LogP contribution in [0.2, 0.25) is 0 Å². The normalized spacial score (nSPS) is 14.0. The first-order valence-electron chi connectivity index (χ1n) is 9.98. The third-order valence-corrected chi connectivity index (χ3v) is 5.50. The second-order valence-corrected chi connectivity index (χ2v) is 7.44. The Kier molecular flexibility index (Phi) is 5.52. The molecule has 30 heavy (non-hydrogen) atoms. The molecule has 0 radical (unpaired) electrons. The van der Waals surface area contributed by atoms with E-state index in [1.165, 1.54) is 0 Å². The van der Waals surface area contributed by atoms with Crippen LogP contribution >= 0.6 is 0 Å². The highest BCUT2D eigenvalue weighted by Crippen LogP contribution is 2.21. The molecule has 0 aliphatic carbocycles. The molecule has 0 unspecified atom stereocenters. The molecule has 1 saturated heterocycles. The number of para-hydroxylation sites is 1. The number of hydrogen-bond donors (Lipinski definition) is 1. The summed E-state index contributed by atoms with van der Waals surface area (Å²) in [6.45, 7) is 4.77. The minimum Gasteiger partial charge on any atom is -0.368 e. The lowest BCUT2D eigenvalue weighted by Gasteiger charge is -2.35. The number of carbonyl (C=O) groups is 3. The van der Waals surface area contributed by atoms with Gasteiger partial charge < -0.3 is 19.7 Å². The van der Waals surface area contributed by atoms with Gasteiger partial charge in [0.2, 0.25) is 11.8 Å². The van der Waals surface area contributed by atoms with Crippen molar-refractivity contribution in [2.45, 2.75) is 13.5 Å². The number of rotatable bonds is 5. The van der Waals surface area contributed by atoms with E-state index in [1.807, 2.05) is 53.4 Å². The molecule has 2 aromatic carbocycles. The second kappa shape index (κ2) is 8.41. The number of aromatic nitrogens is 1. The molecule has 7 nitrogen and oxygen atoms in total. The average molecular weight is 404 g/mol. The number of aldehydes is 1. The van der Waals surface area contributed by atoms with Gasteiger partial charge in [0.15, 0.2) is 6.29 Å². The van der Waals surface area contributed by atoms with E-state index in [2.05, 4.69) is 10.2 Å². The highest BCUT2D eigenvalue weighted by Gasteiger charge is 2.18. The lowest BCUT2D eigenvalue weighted by molar-refractivity contribution is -0.129. The Balaban J connectivity index is 1.39. The number of nitrogens with one attached hydrogen (secondary N) is 1. The lowest BCUT2D eigenvalue weighted by Crippen LogP contribution is -2.48. The van der Waals surface area contributed by atoms with E-state index in [9.17, 15) is 14.4 Å². The summed E-state index contributed by atoms with van der Waals surface area (Å²) in [5, 5.41) is 3.76. The Hall–Kier alpha value is -3.61. The molecule has 3 aromatic rings. The van der Waals surface area contributed by atoms with Crippen molar-refractivity contribution in [3.8, 4) is 0 Å². The third-order valence-electron chi connectivity index (χ3n) is 5.50. The predicted molar refractivity (Wildman–Crippen MR) is 117 cm³/mol. The van der Waals surface area contributed by atoms with Gasteiger partial charge in [0.25, 0.3) is 0 Å². The topological polar surface area (TPSA) is 74.7 Å². The molecular formula is C23H24N4O3. The largest absolute Gasteiger partial charge is 0.368 e. The minimum absolute atomic E-state index is 0.114. The van der Waals surface area contributed by atoms with E-state index < -0.39 is 0 Å². The molecule has 0 bridgehead atoms. The van der Waals surface area contributed by atoms with Gasteiger partial charge in [-0.1, -0.05) is 18.2 Å². The summed E-state index contributed by atoms with van der Waals surface area (Å²) in [6, 6.07) is 15.3. The zero-order valence-corrected chi connectivity index (χ0v) is 16.9. The molecule has 1 aromatic heterocycles. The molecule has 0 atom stereocenters. The third kappa shape index (κ3) is 4.05. The van der Waals surface area contributed by atoms with Crippen LogP contribution in [-0.4, -0.2) is 53.7 Å². The van der Waals surface area contributed by atoms with Crippen LogP contribution in [0.15, 0.2) is 54.7 Å². The Morgan fingerprint density at radius 2 is 1.70 bits per heavy atom. The summed E-state index contributed by atoms with van der Waals surface area (Å²) in [5.74, 6) is -0.0422. The van der Waals surface area contributed by atoms with Crippen LogP contribution in [0.1, 0.15) is 17.3 Å². The lowest BCUT2D eigenvalue weighted by atomic mass is 10.2. The Morgan fingerprint density at radius 3 is 2.37 bits per heavy atom. The summed E-state index contributed by atoms with van der Waals surface area (Å²) >= 11 is 0. The van der Waals surface area contributed by atoms with Crippen LogP contribution in [0.5, 0.6) is 0 Å². The number of amides is 2. The standard InChI is InChI=1S/C23H24N4O3/c1-17(29)25-10-12-26(13-11-25)20-8-6-19(7-9-20)24-23(30)15-27-14-18(16-28)21-4-2-3-5-22(21)27/h2-9,14,16H,10-13,15H2,1H3,(H,24,30). The second-order valence-electron chi connectivity index (χ2n) is 7.44. The van der Waals surface area contributed by atoms with Gasteiger partial charge in [0, 0.05) is 67.1 Å². The molecule has 0 spiro atoms. The van der Waals surface area contributed by atoms with Crippen LogP contribution in [0.4, 0.5) is 11.4 Å². The predicted octanol–water partition coefficient (Wildman–Crippen LogP) is 2.76. The maximum Gasteiger partial charge on any atom is 0.244 e. The van der Waals surface area contributed by atoms with Crippen molar-refractivity contribution in [2.75, 3.05) is 36.4 Å². The number of piperazine rings is 1. The van der Waals surface area contributed by atoms with E-state index in [4.69, 9.17) is 0 Å². The van der Waals surface area contributed by atoms with E-state index in [-0.39, 0.29) is 18.4 Å². The van der Waals surface area contributed by atoms with Crippen molar-refractivity contribution in [1.82, 2.24) is 9.47 Å². The molecule has 154 valence electrons.